The SMILES string of the molecule is COc1c(C(C)(C)C)cc(CCCC(C)=O)cc1C(C)(C)C. The summed E-state index contributed by atoms with van der Waals surface area (Å²) in [5.74, 6) is 1.27. The monoisotopic (exact) mass is 304 g/mol. The van der Waals surface area contributed by atoms with Crippen molar-refractivity contribution in [1.29, 1.82) is 0 Å². The van der Waals surface area contributed by atoms with Crippen LogP contribution in [0, 0.1) is 0 Å². The Hall–Kier alpha value is -1.31. The van der Waals surface area contributed by atoms with Crippen molar-refractivity contribution < 1.29 is 9.53 Å². The Bertz CT molecular complexity index is 493. The molecule has 0 N–H and O–H groups in total. The molecule has 0 heterocycles. The van der Waals surface area contributed by atoms with Gasteiger partial charge in [0.15, 0.2) is 0 Å². The molecule has 0 fully saturated rings. The van der Waals surface area contributed by atoms with E-state index in [2.05, 4.69) is 53.7 Å². The largest absolute Gasteiger partial charge is 0.496 e. The van der Waals surface area contributed by atoms with Crippen molar-refractivity contribution in [2.45, 2.75) is 78.6 Å². The molecular weight excluding hydrogens is 272 g/mol. The minimum Gasteiger partial charge on any atom is -0.496 e. The van der Waals surface area contributed by atoms with E-state index in [0.29, 0.717) is 6.42 Å². The van der Waals surface area contributed by atoms with E-state index >= 15 is 0 Å². The zero-order valence-corrected chi connectivity index (χ0v) is 15.6. The number of rotatable bonds is 5. The Labute approximate surface area is 136 Å². The maximum atomic E-state index is 11.2. The lowest BCUT2D eigenvalue weighted by Gasteiger charge is -2.30. The second kappa shape index (κ2) is 6.85. The molecule has 22 heavy (non-hydrogen) atoms. The van der Waals surface area contributed by atoms with Gasteiger partial charge in [-0.25, -0.2) is 0 Å². The van der Waals surface area contributed by atoms with E-state index in [1.807, 2.05) is 0 Å². The fourth-order valence-corrected chi connectivity index (χ4v) is 2.71. The van der Waals surface area contributed by atoms with Crippen LogP contribution >= 0.6 is 0 Å². The third-order valence-corrected chi connectivity index (χ3v) is 3.96. The molecule has 0 unspecified atom stereocenters. The maximum absolute atomic E-state index is 11.2. The van der Waals surface area contributed by atoms with Gasteiger partial charge in [0.05, 0.1) is 7.11 Å². The molecule has 0 saturated heterocycles. The summed E-state index contributed by atoms with van der Waals surface area (Å²) in [4.78, 5) is 11.2. The fourth-order valence-electron chi connectivity index (χ4n) is 2.71. The molecule has 1 rings (SSSR count). The molecule has 0 aromatic heterocycles. The van der Waals surface area contributed by atoms with Crippen molar-refractivity contribution in [3.8, 4) is 5.75 Å². The van der Waals surface area contributed by atoms with Crippen LogP contribution in [0.15, 0.2) is 12.1 Å². The van der Waals surface area contributed by atoms with Crippen LogP contribution in [0.25, 0.3) is 0 Å². The van der Waals surface area contributed by atoms with Gasteiger partial charge in [0.2, 0.25) is 0 Å². The summed E-state index contributed by atoms with van der Waals surface area (Å²) in [6.07, 6.45) is 2.51. The highest BCUT2D eigenvalue weighted by Gasteiger charge is 2.27. The van der Waals surface area contributed by atoms with Gasteiger partial charge in [-0.05, 0) is 36.2 Å². The van der Waals surface area contributed by atoms with Crippen molar-refractivity contribution >= 4 is 5.78 Å². The summed E-state index contributed by atoms with van der Waals surface area (Å²) in [7, 11) is 1.76. The van der Waals surface area contributed by atoms with Gasteiger partial charge in [-0.2, -0.15) is 0 Å². The Morgan fingerprint density at radius 1 is 1.00 bits per heavy atom. The third kappa shape index (κ3) is 4.86. The van der Waals surface area contributed by atoms with E-state index < -0.39 is 0 Å². The molecule has 2 nitrogen and oxygen atoms in total. The molecule has 0 aliphatic heterocycles. The van der Waals surface area contributed by atoms with E-state index in [1.165, 1.54) is 16.7 Å². The molecule has 0 amide bonds. The van der Waals surface area contributed by atoms with E-state index in [-0.39, 0.29) is 16.6 Å². The Morgan fingerprint density at radius 2 is 1.45 bits per heavy atom. The molecule has 0 aliphatic rings. The van der Waals surface area contributed by atoms with Gasteiger partial charge in [0.1, 0.15) is 11.5 Å². The quantitative estimate of drug-likeness (QED) is 0.747. The second-order valence-electron chi connectivity index (χ2n) is 8.28. The van der Waals surface area contributed by atoms with E-state index in [4.69, 9.17) is 4.74 Å². The molecule has 1 aromatic rings. The summed E-state index contributed by atoms with van der Waals surface area (Å²) in [6, 6.07) is 4.52. The van der Waals surface area contributed by atoms with Gasteiger partial charge < -0.3 is 9.53 Å². The molecule has 2 heteroatoms. The van der Waals surface area contributed by atoms with Gasteiger partial charge >= 0.3 is 0 Å². The number of carbonyl (C=O) groups is 1. The number of aryl methyl sites for hydroxylation is 1. The molecule has 0 spiro atoms. The van der Waals surface area contributed by atoms with E-state index in [1.54, 1.807) is 14.0 Å². The predicted molar refractivity (Wildman–Crippen MR) is 94.0 cm³/mol. The topological polar surface area (TPSA) is 26.3 Å². The number of ether oxygens (including phenoxy) is 1. The molecule has 1 aromatic carbocycles. The van der Waals surface area contributed by atoms with Crippen LogP contribution in [0.3, 0.4) is 0 Å². The van der Waals surface area contributed by atoms with Crippen LogP contribution in [-0.4, -0.2) is 12.9 Å². The minimum absolute atomic E-state index is 0.0297. The first-order chi connectivity index (χ1) is 9.96. The van der Waals surface area contributed by atoms with Gasteiger partial charge in [-0.1, -0.05) is 53.7 Å². The van der Waals surface area contributed by atoms with Crippen LogP contribution in [0.1, 0.15) is 78.0 Å². The van der Waals surface area contributed by atoms with E-state index in [9.17, 15) is 4.79 Å². The number of benzene rings is 1. The first kappa shape index (κ1) is 18.7. The average Bonchev–Trinajstić information content (AvgIpc) is 2.35. The number of Topliss-reactive ketones (excluding diaryl/α,β-unsaturated/α-hetero) is 1. The molecule has 0 radical (unpaired) electrons. The summed E-state index contributed by atoms with van der Waals surface area (Å²) < 4.78 is 5.77. The van der Waals surface area contributed by atoms with Gasteiger partial charge in [0, 0.05) is 17.5 Å². The average molecular weight is 304 g/mol. The zero-order chi connectivity index (χ0) is 17.1. The Morgan fingerprint density at radius 3 is 1.77 bits per heavy atom. The highest BCUT2D eigenvalue weighted by atomic mass is 16.5. The smallest absolute Gasteiger partial charge is 0.129 e. The standard InChI is InChI=1S/C20H32O2/c1-14(21)10-9-11-15-12-16(19(2,3)4)18(22-8)17(13-15)20(5,6)7/h12-13H,9-11H2,1-8H3. The minimum atomic E-state index is 0.0297. The maximum Gasteiger partial charge on any atom is 0.129 e. The molecular formula is C20H32O2. The Kier molecular flexibility index (Phi) is 5.83. The highest BCUT2D eigenvalue weighted by Crippen LogP contribution is 2.40. The first-order valence-electron chi connectivity index (χ1n) is 8.18. The van der Waals surface area contributed by atoms with Gasteiger partial charge in [-0.3, -0.25) is 0 Å². The van der Waals surface area contributed by atoms with Crippen LogP contribution in [0.4, 0.5) is 0 Å². The summed E-state index contributed by atoms with van der Waals surface area (Å²) in [6.45, 7) is 15.0. The van der Waals surface area contributed by atoms with Crippen molar-refractivity contribution in [3.05, 3.63) is 28.8 Å². The highest BCUT2D eigenvalue weighted by molar-refractivity contribution is 5.75. The van der Waals surface area contributed by atoms with Crippen molar-refractivity contribution in [1.82, 2.24) is 0 Å². The van der Waals surface area contributed by atoms with Gasteiger partial charge in [-0.15, -0.1) is 0 Å². The summed E-state index contributed by atoms with van der Waals surface area (Å²) in [5, 5.41) is 0. The van der Waals surface area contributed by atoms with Crippen LogP contribution in [0.5, 0.6) is 5.75 Å². The second-order valence-corrected chi connectivity index (χ2v) is 8.28. The molecule has 0 saturated carbocycles. The van der Waals surface area contributed by atoms with Crippen LogP contribution in [0.2, 0.25) is 0 Å². The van der Waals surface area contributed by atoms with Gasteiger partial charge in [0.25, 0.3) is 0 Å². The lowest BCUT2D eigenvalue weighted by molar-refractivity contribution is -0.117. The van der Waals surface area contributed by atoms with Crippen LogP contribution in [-0.2, 0) is 22.0 Å². The van der Waals surface area contributed by atoms with Crippen LogP contribution < -0.4 is 4.74 Å². The molecule has 0 atom stereocenters. The normalized spacial score (nSPS) is 12.4. The third-order valence-electron chi connectivity index (χ3n) is 3.96. The molecule has 0 aliphatic carbocycles. The Balaban J connectivity index is 3.33. The number of ketones is 1. The predicted octanol–water partition coefficient (Wildman–Crippen LogP) is 5.20. The first-order valence-corrected chi connectivity index (χ1v) is 8.18. The molecule has 124 valence electrons. The number of carbonyl (C=O) groups excluding carboxylic acids is 1. The van der Waals surface area contributed by atoms with Crippen molar-refractivity contribution in [3.63, 3.8) is 0 Å². The zero-order valence-electron chi connectivity index (χ0n) is 15.6. The lowest BCUT2D eigenvalue weighted by Crippen LogP contribution is -2.19. The van der Waals surface area contributed by atoms with Crippen molar-refractivity contribution in [2.24, 2.45) is 0 Å². The fraction of sp³-hybridized carbons (Fsp3) is 0.650. The van der Waals surface area contributed by atoms with Crippen molar-refractivity contribution in [2.75, 3.05) is 7.11 Å². The number of methoxy groups -OCH3 is 1. The number of hydrogen-bond donors (Lipinski definition) is 0. The van der Waals surface area contributed by atoms with E-state index in [0.717, 1.165) is 18.6 Å². The summed E-state index contributed by atoms with van der Waals surface area (Å²) in [5.41, 5.74) is 3.86. The summed E-state index contributed by atoms with van der Waals surface area (Å²) >= 11 is 0. The number of hydrogen-bond acceptors (Lipinski definition) is 2. The molecule has 0 bridgehead atoms. The lowest BCUT2D eigenvalue weighted by atomic mass is 9.78.